The maximum atomic E-state index is 13.1. The SMILES string of the molecule is COc1cc[c]cc1-n1c(=O)[nH]c2c(N(Cc3ccccc3)Cc3ccccc3)ncnc21. The standard InChI is InChI=1S/C26H22N5O2/c1-33-22-15-9-8-14-21(22)31-25-23(29-26(31)32)24(27-18-28-25)30(16-19-10-4-2-5-11-19)17-20-12-6-3-7-13-20/h2-7,9-15,18H,16-17H2,1H3,(H,29,32). The van der Waals surface area contributed by atoms with Crippen molar-refractivity contribution >= 4 is 17.0 Å². The average molecular weight is 436 g/mol. The number of methoxy groups -OCH3 is 1. The van der Waals surface area contributed by atoms with Crippen LogP contribution in [-0.2, 0) is 13.1 Å². The molecular weight excluding hydrogens is 414 g/mol. The normalized spacial score (nSPS) is 10.9. The first-order valence-corrected chi connectivity index (χ1v) is 10.6. The van der Waals surface area contributed by atoms with E-state index in [0.717, 1.165) is 11.1 Å². The van der Waals surface area contributed by atoms with E-state index < -0.39 is 0 Å². The van der Waals surface area contributed by atoms with Gasteiger partial charge in [-0.3, -0.25) is 0 Å². The van der Waals surface area contributed by atoms with Crippen molar-refractivity contribution in [3.8, 4) is 11.4 Å². The van der Waals surface area contributed by atoms with Crippen molar-refractivity contribution in [1.29, 1.82) is 0 Å². The van der Waals surface area contributed by atoms with Crippen LogP contribution in [0.1, 0.15) is 11.1 Å². The van der Waals surface area contributed by atoms with Gasteiger partial charge in [0.05, 0.1) is 12.8 Å². The van der Waals surface area contributed by atoms with Gasteiger partial charge >= 0.3 is 5.69 Å². The summed E-state index contributed by atoms with van der Waals surface area (Å²) < 4.78 is 6.96. The molecule has 0 aliphatic rings. The molecule has 33 heavy (non-hydrogen) atoms. The number of aromatic amines is 1. The molecule has 163 valence electrons. The van der Waals surface area contributed by atoms with Gasteiger partial charge in [-0.1, -0.05) is 66.7 Å². The summed E-state index contributed by atoms with van der Waals surface area (Å²) in [6.45, 7) is 1.25. The molecule has 0 spiro atoms. The zero-order chi connectivity index (χ0) is 22.6. The minimum atomic E-state index is -0.316. The molecule has 5 rings (SSSR count). The van der Waals surface area contributed by atoms with Crippen LogP contribution < -0.4 is 15.3 Å². The van der Waals surface area contributed by atoms with E-state index in [1.807, 2.05) is 36.4 Å². The number of nitrogens with one attached hydrogen (secondary N) is 1. The fourth-order valence-corrected chi connectivity index (χ4v) is 3.94. The number of ether oxygens (including phenoxy) is 1. The summed E-state index contributed by atoms with van der Waals surface area (Å²) in [6.07, 6.45) is 1.49. The molecule has 0 fully saturated rings. The largest absolute Gasteiger partial charge is 0.495 e. The number of nitrogens with zero attached hydrogens (tertiary/aromatic N) is 4. The van der Waals surface area contributed by atoms with Gasteiger partial charge in [0, 0.05) is 13.1 Å². The van der Waals surface area contributed by atoms with E-state index in [2.05, 4.69) is 50.2 Å². The van der Waals surface area contributed by atoms with Crippen LogP contribution in [0.15, 0.2) is 90.0 Å². The molecule has 1 N–H and O–H groups in total. The Balaban J connectivity index is 1.65. The van der Waals surface area contributed by atoms with Crippen LogP contribution in [0.5, 0.6) is 5.75 Å². The molecule has 2 heterocycles. The molecule has 5 aromatic rings. The first-order chi connectivity index (χ1) is 16.2. The van der Waals surface area contributed by atoms with Crippen molar-refractivity contribution in [2.24, 2.45) is 0 Å². The molecule has 7 heteroatoms. The van der Waals surface area contributed by atoms with Crippen LogP contribution in [-0.4, -0.2) is 26.6 Å². The van der Waals surface area contributed by atoms with Crippen LogP contribution in [0.25, 0.3) is 16.9 Å². The third-order valence-electron chi connectivity index (χ3n) is 5.45. The molecule has 0 bridgehead atoms. The summed E-state index contributed by atoms with van der Waals surface area (Å²) in [7, 11) is 1.57. The molecule has 1 radical (unpaired) electrons. The number of aromatic nitrogens is 4. The van der Waals surface area contributed by atoms with Crippen molar-refractivity contribution < 1.29 is 4.74 Å². The van der Waals surface area contributed by atoms with Gasteiger partial charge < -0.3 is 14.6 Å². The lowest BCUT2D eigenvalue weighted by Crippen LogP contribution is -2.23. The highest BCUT2D eigenvalue weighted by Gasteiger charge is 2.20. The second-order valence-electron chi connectivity index (χ2n) is 7.59. The van der Waals surface area contributed by atoms with E-state index in [0.29, 0.717) is 41.5 Å². The molecule has 0 aliphatic carbocycles. The van der Waals surface area contributed by atoms with Gasteiger partial charge in [0.15, 0.2) is 11.5 Å². The summed E-state index contributed by atoms with van der Waals surface area (Å²) in [4.78, 5) is 27.2. The number of H-pyrrole nitrogens is 1. The van der Waals surface area contributed by atoms with Crippen molar-refractivity contribution in [2.45, 2.75) is 13.1 Å². The van der Waals surface area contributed by atoms with E-state index >= 15 is 0 Å². The number of rotatable bonds is 7. The lowest BCUT2D eigenvalue weighted by Gasteiger charge is -2.24. The van der Waals surface area contributed by atoms with Crippen LogP contribution in [0.4, 0.5) is 5.82 Å². The molecule has 0 unspecified atom stereocenters. The predicted molar refractivity (Wildman–Crippen MR) is 128 cm³/mol. The predicted octanol–water partition coefficient (Wildman–Crippen LogP) is 4.12. The average Bonchev–Trinajstić information content (AvgIpc) is 3.20. The first-order valence-electron chi connectivity index (χ1n) is 10.6. The smallest absolute Gasteiger partial charge is 0.332 e. The van der Waals surface area contributed by atoms with E-state index in [1.54, 1.807) is 25.3 Å². The molecule has 7 nitrogen and oxygen atoms in total. The number of anilines is 1. The third kappa shape index (κ3) is 4.08. The van der Waals surface area contributed by atoms with Crippen LogP contribution >= 0.6 is 0 Å². The van der Waals surface area contributed by atoms with E-state index in [-0.39, 0.29) is 5.69 Å². The molecule has 0 saturated heterocycles. The second kappa shape index (κ2) is 9.00. The fourth-order valence-electron chi connectivity index (χ4n) is 3.94. The minimum Gasteiger partial charge on any atom is -0.495 e. The van der Waals surface area contributed by atoms with Gasteiger partial charge in [0.1, 0.15) is 17.6 Å². The maximum absolute atomic E-state index is 13.1. The Kier molecular flexibility index (Phi) is 5.59. The number of fused-ring (bicyclic) bond motifs is 1. The molecule has 0 amide bonds. The molecule has 0 saturated carbocycles. The number of benzene rings is 3. The summed E-state index contributed by atoms with van der Waals surface area (Å²) in [6, 6.07) is 28.6. The van der Waals surface area contributed by atoms with Crippen LogP contribution in [0.3, 0.4) is 0 Å². The Morgan fingerprint density at radius 2 is 1.64 bits per heavy atom. The van der Waals surface area contributed by atoms with Gasteiger partial charge in [-0.25, -0.2) is 19.3 Å². The highest BCUT2D eigenvalue weighted by atomic mass is 16.5. The molecule has 0 atom stereocenters. The molecule has 2 aromatic heterocycles. The van der Waals surface area contributed by atoms with Gasteiger partial charge in [-0.2, -0.15) is 0 Å². The fraction of sp³-hybridized carbons (Fsp3) is 0.115. The van der Waals surface area contributed by atoms with Crippen LogP contribution in [0.2, 0.25) is 0 Å². The van der Waals surface area contributed by atoms with Gasteiger partial charge in [0.25, 0.3) is 0 Å². The van der Waals surface area contributed by atoms with Gasteiger partial charge in [-0.15, -0.1) is 0 Å². The lowest BCUT2D eigenvalue weighted by atomic mass is 10.1. The van der Waals surface area contributed by atoms with Crippen molar-refractivity contribution in [2.75, 3.05) is 12.0 Å². The highest BCUT2D eigenvalue weighted by Crippen LogP contribution is 2.28. The second-order valence-corrected chi connectivity index (χ2v) is 7.59. The Hall–Kier alpha value is -4.39. The summed E-state index contributed by atoms with van der Waals surface area (Å²) >= 11 is 0. The first kappa shape index (κ1) is 20.5. The number of hydrogen-bond acceptors (Lipinski definition) is 5. The minimum absolute atomic E-state index is 0.316. The Labute approximate surface area is 190 Å². The Bertz CT molecular complexity index is 1390. The molecular formula is C26H22N5O2. The van der Waals surface area contributed by atoms with E-state index in [4.69, 9.17) is 4.74 Å². The molecule has 0 aliphatic heterocycles. The summed E-state index contributed by atoms with van der Waals surface area (Å²) in [5.74, 6) is 1.21. The highest BCUT2D eigenvalue weighted by molar-refractivity contribution is 5.84. The zero-order valence-electron chi connectivity index (χ0n) is 18.1. The Morgan fingerprint density at radius 1 is 0.970 bits per heavy atom. The van der Waals surface area contributed by atoms with Gasteiger partial charge in [0.2, 0.25) is 0 Å². The van der Waals surface area contributed by atoms with E-state index in [9.17, 15) is 4.79 Å². The van der Waals surface area contributed by atoms with Crippen molar-refractivity contribution in [1.82, 2.24) is 19.5 Å². The van der Waals surface area contributed by atoms with Gasteiger partial charge in [-0.05, 0) is 29.3 Å². The summed E-state index contributed by atoms with van der Waals surface area (Å²) in [5, 5.41) is 0. The van der Waals surface area contributed by atoms with Crippen LogP contribution in [0, 0.1) is 6.07 Å². The lowest BCUT2D eigenvalue weighted by molar-refractivity contribution is 0.413. The topological polar surface area (TPSA) is 76.0 Å². The van der Waals surface area contributed by atoms with E-state index in [1.165, 1.54) is 10.9 Å². The molecule has 3 aromatic carbocycles. The number of imidazole rings is 1. The zero-order valence-corrected chi connectivity index (χ0v) is 18.1. The maximum Gasteiger partial charge on any atom is 0.332 e. The van der Waals surface area contributed by atoms with Crippen molar-refractivity contribution in [3.05, 3.63) is 113 Å². The summed E-state index contributed by atoms with van der Waals surface area (Å²) in [5.41, 5.74) is 3.58. The monoisotopic (exact) mass is 436 g/mol. The van der Waals surface area contributed by atoms with Crippen molar-refractivity contribution in [3.63, 3.8) is 0 Å². The Morgan fingerprint density at radius 3 is 2.27 bits per heavy atom. The quantitative estimate of drug-likeness (QED) is 0.415. The third-order valence-corrected chi connectivity index (χ3v) is 5.45. The number of hydrogen-bond donors (Lipinski definition) is 1.